The Balaban J connectivity index is 1.26. The van der Waals surface area contributed by atoms with Gasteiger partial charge in [0.1, 0.15) is 10.7 Å². The van der Waals surface area contributed by atoms with Gasteiger partial charge >= 0.3 is 0 Å². The zero-order valence-electron chi connectivity index (χ0n) is 17.6. The van der Waals surface area contributed by atoms with E-state index in [9.17, 15) is 4.79 Å². The second-order valence-electron chi connectivity index (χ2n) is 8.58. The van der Waals surface area contributed by atoms with Crippen LogP contribution in [0.1, 0.15) is 49.0 Å². The number of thiophene rings is 1. The summed E-state index contributed by atoms with van der Waals surface area (Å²) in [6.45, 7) is 6.20. The Hall–Kier alpha value is -2.44. The van der Waals surface area contributed by atoms with Crippen molar-refractivity contribution in [3.8, 4) is 0 Å². The molecule has 3 heterocycles. The van der Waals surface area contributed by atoms with Gasteiger partial charge in [-0.1, -0.05) is 25.1 Å². The van der Waals surface area contributed by atoms with Crippen molar-refractivity contribution in [3.05, 3.63) is 63.1 Å². The Morgan fingerprint density at radius 1 is 1.33 bits per heavy atom. The highest BCUT2D eigenvalue weighted by atomic mass is 32.1. The molecule has 5 rings (SSSR count). The number of rotatable bonds is 6. The van der Waals surface area contributed by atoms with E-state index < -0.39 is 0 Å². The van der Waals surface area contributed by atoms with Gasteiger partial charge in [0.25, 0.3) is 5.56 Å². The molecular weight excluding hydrogens is 392 g/mol. The van der Waals surface area contributed by atoms with Crippen LogP contribution in [0.3, 0.4) is 0 Å². The van der Waals surface area contributed by atoms with Crippen LogP contribution in [0, 0.1) is 5.92 Å². The van der Waals surface area contributed by atoms with E-state index in [0.29, 0.717) is 5.92 Å². The highest BCUT2D eigenvalue weighted by molar-refractivity contribution is 7.18. The molecule has 1 aliphatic rings. The first-order valence-electron chi connectivity index (χ1n) is 10.9. The molecule has 0 spiro atoms. The zero-order chi connectivity index (χ0) is 20.7. The molecule has 0 unspecified atom stereocenters. The number of nitrogens with one attached hydrogen (secondary N) is 2. The maximum absolute atomic E-state index is 12.8. The Labute approximate surface area is 180 Å². The number of nitrogens with zero attached hydrogens (tertiary/aromatic N) is 2. The average Bonchev–Trinajstić information content (AvgIpc) is 3.31. The zero-order valence-corrected chi connectivity index (χ0v) is 18.4. The monoisotopic (exact) mass is 420 g/mol. The molecule has 156 valence electrons. The minimum atomic E-state index is 0.0153. The Morgan fingerprint density at radius 2 is 2.20 bits per heavy atom. The SMILES string of the molecule is C[C@@H]1CCc2c(sc3nc([C@H](C)NCCCn4ccc5ccccc54)[nH]c(=O)c23)C1. The molecule has 3 aromatic heterocycles. The fourth-order valence-electron chi connectivity index (χ4n) is 4.57. The van der Waals surface area contributed by atoms with E-state index >= 15 is 0 Å². The predicted octanol–water partition coefficient (Wildman–Crippen LogP) is 4.81. The summed E-state index contributed by atoms with van der Waals surface area (Å²) in [5.41, 5.74) is 2.54. The van der Waals surface area contributed by atoms with Gasteiger partial charge in [0.05, 0.1) is 11.4 Å². The largest absolute Gasteiger partial charge is 0.347 e. The van der Waals surface area contributed by atoms with Crippen LogP contribution in [-0.2, 0) is 19.4 Å². The van der Waals surface area contributed by atoms with Gasteiger partial charge in [-0.05, 0) is 68.2 Å². The molecule has 5 nitrogen and oxygen atoms in total. The van der Waals surface area contributed by atoms with Crippen LogP contribution in [0.4, 0.5) is 0 Å². The summed E-state index contributed by atoms with van der Waals surface area (Å²) in [6, 6.07) is 10.6. The maximum Gasteiger partial charge on any atom is 0.259 e. The van der Waals surface area contributed by atoms with Crippen molar-refractivity contribution in [1.82, 2.24) is 19.9 Å². The van der Waals surface area contributed by atoms with E-state index in [4.69, 9.17) is 4.98 Å². The van der Waals surface area contributed by atoms with E-state index in [1.54, 1.807) is 11.3 Å². The van der Waals surface area contributed by atoms with Crippen molar-refractivity contribution < 1.29 is 0 Å². The molecule has 0 aliphatic heterocycles. The van der Waals surface area contributed by atoms with Gasteiger partial charge in [-0.2, -0.15) is 0 Å². The number of aromatic nitrogens is 3. The van der Waals surface area contributed by atoms with Crippen LogP contribution in [0.5, 0.6) is 0 Å². The van der Waals surface area contributed by atoms with Crippen LogP contribution in [0.2, 0.25) is 0 Å². The Kier molecular flexibility index (Phi) is 5.21. The standard InChI is InChI=1S/C24H28N4OS/c1-15-8-9-18-20(14-15)30-24-21(18)23(29)26-22(27-24)16(2)25-11-5-12-28-13-10-17-6-3-4-7-19(17)28/h3-4,6-7,10,13,15-16,25H,5,8-9,11-12,14H2,1-2H3,(H,26,27,29)/t15-,16+/m1/s1. The lowest BCUT2D eigenvalue weighted by Crippen LogP contribution is -2.25. The molecular formula is C24H28N4OS. The number of aryl methyl sites for hydroxylation is 2. The van der Waals surface area contributed by atoms with E-state index in [1.807, 2.05) is 0 Å². The van der Waals surface area contributed by atoms with Gasteiger partial charge in [-0.15, -0.1) is 11.3 Å². The fraction of sp³-hybridized carbons (Fsp3) is 0.417. The van der Waals surface area contributed by atoms with E-state index in [2.05, 4.69) is 65.2 Å². The Bertz CT molecular complexity index is 1250. The van der Waals surface area contributed by atoms with Crippen LogP contribution in [0.15, 0.2) is 41.3 Å². The number of fused-ring (bicyclic) bond motifs is 4. The second-order valence-corrected chi connectivity index (χ2v) is 9.66. The number of H-pyrrole nitrogens is 1. The van der Waals surface area contributed by atoms with Gasteiger partial charge in [-0.3, -0.25) is 4.79 Å². The molecule has 0 amide bonds. The van der Waals surface area contributed by atoms with Crippen LogP contribution in [-0.4, -0.2) is 21.1 Å². The molecule has 2 atom stereocenters. The van der Waals surface area contributed by atoms with Gasteiger partial charge in [0.15, 0.2) is 0 Å². The third-order valence-electron chi connectivity index (χ3n) is 6.30. The predicted molar refractivity (Wildman–Crippen MR) is 124 cm³/mol. The third kappa shape index (κ3) is 3.59. The fourth-order valence-corrected chi connectivity index (χ4v) is 5.96. The summed E-state index contributed by atoms with van der Waals surface area (Å²) < 4.78 is 2.30. The number of para-hydroxylation sites is 1. The van der Waals surface area contributed by atoms with Crippen molar-refractivity contribution in [2.24, 2.45) is 5.92 Å². The summed E-state index contributed by atoms with van der Waals surface area (Å²) >= 11 is 1.71. The lowest BCUT2D eigenvalue weighted by atomic mass is 9.89. The summed E-state index contributed by atoms with van der Waals surface area (Å²) in [5.74, 6) is 1.44. The third-order valence-corrected chi connectivity index (χ3v) is 7.45. The van der Waals surface area contributed by atoms with Gasteiger partial charge in [0, 0.05) is 23.1 Å². The van der Waals surface area contributed by atoms with Crippen molar-refractivity contribution in [2.75, 3.05) is 6.54 Å². The van der Waals surface area contributed by atoms with E-state index in [1.165, 1.54) is 21.3 Å². The minimum Gasteiger partial charge on any atom is -0.347 e. The molecule has 6 heteroatoms. The quantitative estimate of drug-likeness (QED) is 0.440. The van der Waals surface area contributed by atoms with Gasteiger partial charge in [0.2, 0.25) is 0 Å². The first kappa shape index (κ1) is 19.5. The second kappa shape index (κ2) is 8.00. The molecule has 0 saturated carbocycles. The molecule has 0 radical (unpaired) electrons. The minimum absolute atomic E-state index is 0.0153. The van der Waals surface area contributed by atoms with Crippen molar-refractivity contribution in [3.63, 3.8) is 0 Å². The van der Waals surface area contributed by atoms with Crippen molar-refractivity contribution >= 4 is 32.5 Å². The van der Waals surface area contributed by atoms with Crippen LogP contribution in [0.25, 0.3) is 21.1 Å². The van der Waals surface area contributed by atoms with Crippen LogP contribution >= 0.6 is 11.3 Å². The summed E-state index contributed by atoms with van der Waals surface area (Å²) in [5, 5.41) is 5.64. The van der Waals surface area contributed by atoms with Gasteiger partial charge < -0.3 is 14.9 Å². The molecule has 30 heavy (non-hydrogen) atoms. The smallest absolute Gasteiger partial charge is 0.259 e. The first-order chi connectivity index (χ1) is 14.6. The number of hydrogen-bond donors (Lipinski definition) is 2. The normalized spacial score (nSPS) is 17.5. The molecule has 4 aromatic rings. The average molecular weight is 421 g/mol. The van der Waals surface area contributed by atoms with Crippen molar-refractivity contribution in [2.45, 2.75) is 52.1 Å². The number of hydrogen-bond acceptors (Lipinski definition) is 4. The lowest BCUT2D eigenvalue weighted by Gasteiger charge is -2.17. The first-order valence-corrected chi connectivity index (χ1v) is 11.7. The van der Waals surface area contributed by atoms with Gasteiger partial charge in [-0.25, -0.2) is 4.98 Å². The summed E-state index contributed by atoms with van der Waals surface area (Å²) in [4.78, 5) is 23.0. The van der Waals surface area contributed by atoms with E-state index in [-0.39, 0.29) is 11.6 Å². The summed E-state index contributed by atoms with van der Waals surface area (Å²) in [6.07, 6.45) is 6.41. The molecule has 0 saturated heterocycles. The maximum atomic E-state index is 12.8. The highest BCUT2D eigenvalue weighted by Crippen LogP contribution is 2.35. The highest BCUT2D eigenvalue weighted by Gasteiger charge is 2.23. The summed E-state index contributed by atoms with van der Waals surface area (Å²) in [7, 11) is 0. The lowest BCUT2D eigenvalue weighted by molar-refractivity contribution is 0.508. The molecule has 1 aromatic carbocycles. The Morgan fingerprint density at radius 3 is 3.10 bits per heavy atom. The van der Waals surface area contributed by atoms with E-state index in [0.717, 1.165) is 54.8 Å². The van der Waals surface area contributed by atoms with Crippen molar-refractivity contribution in [1.29, 1.82) is 0 Å². The molecule has 2 N–H and O–H groups in total. The number of aromatic amines is 1. The van der Waals surface area contributed by atoms with Crippen LogP contribution < -0.4 is 10.9 Å². The topological polar surface area (TPSA) is 62.7 Å². The molecule has 1 aliphatic carbocycles. The molecule has 0 bridgehead atoms. The number of benzene rings is 1. The molecule has 0 fully saturated rings.